The van der Waals surface area contributed by atoms with Gasteiger partial charge in [0.2, 0.25) is 0 Å². The van der Waals surface area contributed by atoms with Crippen molar-refractivity contribution in [1.82, 2.24) is 0 Å². The predicted molar refractivity (Wildman–Crippen MR) is 58.9 cm³/mol. The van der Waals surface area contributed by atoms with Gasteiger partial charge in [-0.2, -0.15) is 12.2 Å². The summed E-state index contributed by atoms with van der Waals surface area (Å²) in [7, 11) is -2.65. The number of hydrogen-bond donors (Lipinski definition) is 0. The van der Waals surface area contributed by atoms with Crippen LogP contribution in [-0.2, 0) is 35.5 Å². The summed E-state index contributed by atoms with van der Waals surface area (Å²) in [5.74, 6) is -0.361. The third-order valence-corrected chi connectivity index (χ3v) is 2.92. The molecule has 0 saturated heterocycles. The van der Waals surface area contributed by atoms with Crippen molar-refractivity contribution < 1.29 is 82.4 Å². The van der Waals surface area contributed by atoms with Crippen molar-refractivity contribution in [2.75, 3.05) is 0 Å². The summed E-state index contributed by atoms with van der Waals surface area (Å²) in [6.07, 6.45) is 4.28. The summed E-state index contributed by atoms with van der Waals surface area (Å²) < 4.78 is 15.7. The molecule has 1 aliphatic rings. The molecule has 2 rings (SSSR count). The average Bonchev–Trinajstić information content (AvgIpc) is 2.79. The van der Waals surface area contributed by atoms with Crippen molar-refractivity contribution in [3.63, 3.8) is 0 Å². The van der Waals surface area contributed by atoms with Gasteiger partial charge in [-0.05, 0) is 24.3 Å². The molecule has 1 aromatic carbocycles. The number of hydrogen-bond acceptors (Lipinski definition) is 4. The molecular weight excluding hydrogens is 437 g/mol. The van der Waals surface area contributed by atoms with Crippen molar-refractivity contribution in [1.29, 1.82) is 0 Å². The van der Waals surface area contributed by atoms with Crippen LogP contribution in [0, 0.1) is 6.08 Å². The first-order chi connectivity index (χ1) is 8.16. The van der Waals surface area contributed by atoms with Crippen molar-refractivity contribution >= 4 is 14.0 Å². The molecule has 1 unspecified atom stereocenters. The summed E-state index contributed by atoms with van der Waals surface area (Å²) in [6.45, 7) is 0. The number of carbonyl (C=O) groups excluding carboxylic acids is 1. The standard InChI is InChI=1S/C12H8O4P.3ClH.Zr/c13-12(9-4-2-1-3-5-9)16-10-6-7-11(8-10)17(14)15;;;;/h1-6H,7H2;3*1H;/q-1;;;;+4/p-3. The molecule has 0 fully saturated rings. The normalized spacial score (nSPS) is 12.1. The Morgan fingerprint density at radius 2 is 1.76 bits per heavy atom. The van der Waals surface area contributed by atoms with Crippen LogP contribution in [0.25, 0.3) is 0 Å². The first-order valence-electron chi connectivity index (χ1n) is 4.91. The van der Waals surface area contributed by atoms with E-state index in [4.69, 9.17) is 4.74 Å². The fourth-order valence-electron chi connectivity index (χ4n) is 1.35. The maximum atomic E-state index is 11.6. The number of carbonyl (C=O) groups is 1. The smallest absolute Gasteiger partial charge is 1.00 e. The zero-order valence-electron chi connectivity index (χ0n) is 10.4. The minimum atomic E-state index is -2.65. The van der Waals surface area contributed by atoms with E-state index in [1.54, 1.807) is 30.3 Å². The first kappa shape index (κ1) is 25.9. The second kappa shape index (κ2) is 12.5. The number of rotatable bonds is 3. The molecule has 1 aliphatic carbocycles. The Morgan fingerprint density at radius 3 is 2.24 bits per heavy atom. The summed E-state index contributed by atoms with van der Waals surface area (Å²) in [5.41, 5.74) is 0.412. The summed E-state index contributed by atoms with van der Waals surface area (Å²) in [4.78, 5) is 22.3. The van der Waals surface area contributed by atoms with Gasteiger partial charge in [0.25, 0.3) is 0 Å². The van der Waals surface area contributed by atoms with E-state index in [0.717, 1.165) is 0 Å². The molecule has 0 aliphatic heterocycles. The average molecular weight is 445 g/mol. The van der Waals surface area contributed by atoms with Gasteiger partial charge >= 0.3 is 40.2 Å². The Morgan fingerprint density at radius 1 is 1.19 bits per heavy atom. The van der Waals surface area contributed by atoms with Crippen LogP contribution in [-0.4, -0.2) is 5.97 Å². The molecule has 0 radical (unpaired) electrons. The first-order valence-corrected chi connectivity index (χ1v) is 6.09. The van der Waals surface area contributed by atoms with E-state index in [1.807, 2.05) is 0 Å². The number of benzene rings is 1. The van der Waals surface area contributed by atoms with Crippen LogP contribution in [0.1, 0.15) is 16.8 Å². The van der Waals surface area contributed by atoms with E-state index in [0.29, 0.717) is 5.56 Å². The molecule has 0 saturated carbocycles. The van der Waals surface area contributed by atoms with E-state index in [1.165, 1.54) is 6.08 Å². The molecule has 110 valence electrons. The SMILES string of the molecule is O=C(OC1=CCC([P+](=O)[O-])=[C-]1)c1ccccc1.[Cl-].[Cl-].[Cl-].[Zr+4]. The summed E-state index contributed by atoms with van der Waals surface area (Å²) in [5, 5.41) is 0.135. The van der Waals surface area contributed by atoms with Crippen LogP contribution in [0.5, 0.6) is 0 Å². The maximum Gasteiger partial charge on any atom is 4.00 e. The molecule has 0 heterocycles. The molecule has 0 N–H and O–H groups in total. The van der Waals surface area contributed by atoms with Crippen LogP contribution < -0.4 is 42.1 Å². The zero-order valence-corrected chi connectivity index (χ0v) is 16.0. The molecule has 1 atom stereocenters. The minimum absolute atomic E-state index is 0. The number of ether oxygens (including phenoxy) is 1. The topological polar surface area (TPSA) is 66.4 Å². The maximum absolute atomic E-state index is 11.6. The van der Waals surface area contributed by atoms with Crippen molar-refractivity contribution in [3.05, 3.63) is 59.1 Å². The van der Waals surface area contributed by atoms with Crippen LogP contribution in [0.15, 0.2) is 47.5 Å². The Balaban J connectivity index is -0.000000810. The van der Waals surface area contributed by atoms with E-state index < -0.39 is 14.0 Å². The Kier molecular flexibility index (Phi) is 15.4. The van der Waals surface area contributed by atoms with Gasteiger partial charge < -0.3 is 46.9 Å². The Labute approximate surface area is 161 Å². The molecule has 9 heteroatoms. The van der Waals surface area contributed by atoms with Gasteiger partial charge in [0.1, 0.15) is 0 Å². The quantitative estimate of drug-likeness (QED) is 0.264. The number of esters is 1. The fourth-order valence-corrected chi connectivity index (χ4v) is 1.80. The second-order valence-corrected chi connectivity index (χ2v) is 4.41. The number of allylic oxidation sites excluding steroid dienone is 3. The van der Waals surface area contributed by atoms with E-state index >= 15 is 0 Å². The molecule has 0 spiro atoms. The predicted octanol–water partition coefficient (Wildman–Crippen LogP) is -7.07. The monoisotopic (exact) mass is 442 g/mol. The summed E-state index contributed by atoms with van der Waals surface area (Å²) in [6, 6.07) is 8.48. The Bertz CT molecular complexity index is 535. The van der Waals surface area contributed by atoms with E-state index in [2.05, 4.69) is 6.08 Å². The van der Waals surface area contributed by atoms with Gasteiger partial charge in [0.05, 0.1) is 10.9 Å². The van der Waals surface area contributed by atoms with Crippen LogP contribution in [0.3, 0.4) is 0 Å². The molecule has 1 aromatic rings. The van der Waals surface area contributed by atoms with Crippen molar-refractivity contribution in [3.8, 4) is 0 Å². The molecule has 0 bridgehead atoms. The fraction of sp³-hybridized carbons (Fsp3) is 0.0833. The van der Waals surface area contributed by atoms with Gasteiger partial charge in [-0.3, -0.25) is 0 Å². The van der Waals surface area contributed by atoms with Gasteiger partial charge in [-0.25, -0.2) is 4.79 Å². The van der Waals surface area contributed by atoms with Gasteiger partial charge in [0, 0.05) is 0 Å². The molecule has 0 aromatic heterocycles. The van der Waals surface area contributed by atoms with Gasteiger partial charge in [0.15, 0.2) is 0 Å². The van der Waals surface area contributed by atoms with Crippen LogP contribution in [0.2, 0.25) is 0 Å². The third-order valence-electron chi connectivity index (χ3n) is 2.18. The minimum Gasteiger partial charge on any atom is -1.00 e. The van der Waals surface area contributed by atoms with Crippen molar-refractivity contribution in [2.24, 2.45) is 0 Å². The zero-order chi connectivity index (χ0) is 12.3. The van der Waals surface area contributed by atoms with Crippen molar-refractivity contribution in [2.45, 2.75) is 6.42 Å². The van der Waals surface area contributed by atoms with Gasteiger partial charge in [-0.15, -0.1) is 0 Å². The molecular formula is C12H8Cl3O4PZr. The second-order valence-electron chi connectivity index (χ2n) is 3.36. The Hall–Kier alpha value is -0.0169. The third kappa shape index (κ3) is 7.69. The van der Waals surface area contributed by atoms with E-state index in [9.17, 15) is 14.3 Å². The number of halogens is 3. The summed E-state index contributed by atoms with van der Waals surface area (Å²) >= 11 is 0. The molecule has 21 heavy (non-hydrogen) atoms. The van der Waals surface area contributed by atoms with E-state index in [-0.39, 0.29) is 80.9 Å². The molecule has 0 amide bonds. The molecule has 4 nitrogen and oxygen atoms in total. The van der Waals surface area contributed by atoms with Crippen LogP contribution in [0.4, 0.5) is 0 Å². The van der Waals surface area contributed by atoms with Crippen LogP contribution >= 0.6 is 8.03 Å². The van der Waals surface area contributed by atoms with Gasteiger partial charge in [-0.1, -0.05) is 22.8 Å². The largest absolute Gasteiger partial charge is 4.00 e.